The highest BCUT2D eigenvalue weighted by molar-refractivity contribution is 9.10. The van der Waals surface area contributed by atoms with Crippen molar-refractivity contribution in [2.24, 2.45) is 0 Å². The Kier molecular flexibility index (Phi) is 4.29. The van der Waals surface area contributed by atoms with Gasteiger partial charge in [-0.05, 0) is 30.3 Å². The second-order valence-corrected chi connectivity index (χ2v) is 5.95. The lowest BCUT2D eigenvalue weighted by Gasteiger charge is -2.04. The molecule has 0 fully saturated rings. The SMILES string of the molecule is OCc1c(-c2cc(F)ccc2Cl)noc1-c1cccc(Br)c1. The number of nitrogens with zero attached hydrogens (tertiary/aromatic N) is 1. The van der Waals surface area contributed by atoms with E-state index in [1.165, 1.54) is 18.2 Å². The summed E-state index contributed by atoms with van der Waals surface area (Å²) in [6.07, 6.45) is 0. The molecule has 0 saturated heterocycles. The lowest BCUT2D eigenvalue weighted by Crippen LogP contribution is -1.90. The molecule has 112 valence electrons. The molecular formula is C16H10BrClFNO2. The minimum atomic E-state index is -0.435. The van der Waals surface area contributed by atoms with Gasteiger partial charge in [-0.25, -0.2) is 4.39 Å². The predicted octanol–water partition coefficient (Wildman–Crippen LogP) is 5.06. The Labute approximate surface area is 139 Å². The largest absolute Gasteiger partial charge is 0.391 e. The number of hydrogen-bond donors (Lipinski definition) is 1. The van der Waals surface area contributed by atoms with E-state index < -0.39 is 5.82 Å². The number of aliphatic hydroxyl groups is 1. The standard InChI is InChI=1S/C16H10BrClFNO2/c17-10-3-1-2-9(6-10)16-13(8-21)15(20-22-16)12-7-11(19)4-5-14(12)18/h1-7,21H,8H2. The van der Waals surface area contributed by atoms with E-state index in [1.807, 2.05) is 24.3 Å². The summed E-state index contributed by atoms with van der Waals surface area (Å²) in [5.74, 6) is -0.00516. The normalized spacial score (nSPS) is 10.9. The first-order valence-corrected chi connectivity index (χ1v) is 7.58. The van der Waals surface area contributed by atoms with Crippen LogP contribution in [0.25, 0.3) is 22.6 Å². The summed E-state index contributed by atoms with van der Waals surface area (Å²) < 4.78 is 19.7. The highest BCUT2D eigenvalue weighted by atomic mass is 79.9. The van der Waals surface area contributed by atoms with Gasteiger partial charge in [-0.15, -0.1) is 0 Å². The molecular weight excluding hydrogens is 373 g/mol. The molecule has 22 heavy (non-hydrogen) atoms. The minimum Gasteiger partial charge on any atom is -0.391 e. The third kappa shape index (κ3) is 2.79. The van der Waals surface area contributed by atoms with Gasteiger partial charge in [0, 0.05) is 15.6 Å². The van der Waals surface area contributed by atoms with Gasteiger partial charge < -0.3 is 9.63 Å². The van der Waals surface area contributed by atoms with Crippen molar-refractivity contribution >= 4 is 27.5 Å². The molecule has 0 spiro atoms. The van der Waals surface area contributed by atoms with Gasteiger partial charge >= 0.3 is 0 Å². The first kappa shape index (κ1) is 15.2. The molecule has 3 nitrogen and oxygen atoms in total. The number of hydrogen-bond acceptors (Lipinski definition) is 3. The molecule has 3 aromatic rings. The van der Waals surface area contributed by atoms with Crippen LogP contribution in [-0.2, 0) is 6.61 Å². The van der Waals surface area contributed by atoms with Crippen LogP contribution in [0.15, 0.2) is 51.5 Å². The third-order valence-corrected chi connectivity index (χ3v) is 4.04. The smallest absolute Gasteiger partial charge is 0.173 e. The average molecular weight is 383 g/mol. The van der Waals surface area contributed by atoms with Crippen LogP contribution in [0.5, 0.6) is 0 Å². The van der Waals surface area contributed by atoms with Crippen LogP contribution in [0.4, 0.5) is 4.39 Å². The Hall–Kier alpha value is -1.69. The minimum absolute atomic E-state index is 0.298. The molecule has 0 aliphatic carbocycles. The van der Waals surface area contributed by atoms with Gasteiger partial charge in [0.2, 0.25) is 0 Å². The maximum atomic E-state index is 13.5. The van der Waals surface area contributed by atoms with Gasteiger partial charge in [0.1, 0.15) is 11.5 Å². The number of rotatable bonds is 3. The van der Waals surface area contributed by atoms with E-state index >= 15 is 0 Å². The molecule has 0 amide bonds. The molecule has 1 aromatic heterocycles. The van der Waals surface area contributed by atoms with Gasteiger partial charge in [-0.3, -0.25) is 0 Å². The monoisotopic (exact) mass is 381 g/mol. The molecule has 6 heteroatoms. The molecule has 0 atom stereocenters. The quantitative estimate of drug-likeness (QED) is 0.689. The van der Waals surface area contributed by atoms with Crippen LogP contribution in [0.3, 0.4) is 0 Å². The van der Waals surface area contributed by atoms with E-state index in [-0.39, 0.29) is 6.61 Å². The van der Waals surface area contributed by atoms with Crippen LogP contribution in [0, 0.1) is 5.82 Å². The van der Waals surface area contributed by atoms with Crippen molar-refractivity contribution in [3.8, 4) is 22.6 Å². The molecule has 0 unspecified atom stereocenters. The summed E-state index contributed by atoms with van der Waals surface area (Å²) in [5.41, 5.74) is 1.94. The molecule has 3 rings (SSSR count). The summed E-state index contributed by atoms with van der Waals surface area (Å²) in [4.78, 5) is 0. The van der Waals surface area contributed by atoms with Crippen molar-refractivity contribution in [3.63, 3.8) is 0 Å². The lowest BCUT2D eigenvalue weighted by atomic mass is 10.0. The Balaban J connectivity index is 2.17. The fourth-order valence-corrected chi connectivity index (χ4v) is 2.81. The highest BCUT2D eigenvalue weighted by Crippen LogP contribution is 2.36. The van der Waals surface area contributed by atoms with Gasteiger partial charge in [-0.2, -0.15) is 0 Å². The van der Waals surface area contributed by atoms with Crippen molar-refractivity contribution < 1.29 is 14.0 Å². The maximum absolute atomic E-state index is 13.5. The molecule has 0 aliphatic heterocycles. The summed E-state index contributed by atoms with van der Waals surface area (Å²) in [6.45, 7) is -0.298. The van der Waals surface area contributed by atoms with Crippen molar-refractivity contribution in [2.45, 2.75) is 6.61 Å². The molecule has 1 N–H and O–H groups in total. The van der Waals surface area contributed by atoms with Crippen LogP contribution in [0.2, 0.25) is 5.02 Å². The fourth-order valence-electron chi connectivity index (χ4n) is 2.20. The number of halogens is 3. The fraction of sp³-hybridized carbons (Fsp3) is 0.0625. The molecule has 1 heterocycles. The number of aliphatic hydroxyl groups excluding tert-OH is 1. The first-order chi connectivity index (χ1) is 10.6. The van der Waals surface area contributed by atoms with Crippen molar-refractivity contribution in [1.82, 2.24) is 5.16 Å². The number of benzene rings is 2. The summed E-state index contributed by atoms with van der Waals surface area (Å²) in [5, 5.41) is 14.0. The second-order valence-electron chi connectivity index (χ2n) is 4.63. The van der Waals surface area contributed by atoms with E-state index in [9.17, 15) is 9.50 Å². The second kappa shape index (κ2) is 6.20. The Bertz CT molecular complexity index is 835. The average Bonchev–Trinajstić information content (AvgIpc) is 2.93. The van der Waals surface area contributed by atoms with E-state index in [4.69, 9.17) is 16.1 Å². The maximum Gasteiger partial charge on any atom is 0.173 e. The van der Waals surface area contributed by atoms with E-state index in [2.05, 4.69) is 21.1 Å². The molecule has 0 saturated carbocycles. The Morgan fingerprint density at radius 2 is 2.05 bits per heavy atom. The molecule has 0 bridgehead atoms. The summed E-state index contributed by atoms with van der Waals surface area (Å²) >= 11 is 9.49. The predicted molar refractivity (Wildman–Crippen MR) is 86.0 cm³/mol. The zero-order valence-corrected chi connectivity index (χ0v) is 13.5. The van der Waals surface area contributed by atoms with Crippen molar-refractivity contribution in [1.29, 1.82) is 0 Å². The van der Waals surface area contributed by atoms with Gasteiger partial charge in [-0.1, -0.05) is 44.8 Å². The van der Waals surface area contributed by atoms with Crippen molar-refractivity contribution in [3.05, 3.63) is 63.3 Å². The van der Waals surface area contributed by atoms with Gasteiger partial charge in [0.15, 0.2) is 5.76 Å². The zero-order chi connectivity index (χ0) is 15.7. The molecule has 0 aliphatic rings. The number of aromatic nitrogens is 1. The van der Waals surface area contributed by atoms with Crippen molar-refractivity contribution in [2.75, 3.05) is 0 Å². The van der Waals surface area contributed by atoms with E-state index in [1.54, 1.807) is 0 Å². The lowest BCUT2D eigenvalue weighted by molar-refractivity contribution is 0.281. The van der Waals surface area contributed by atoms with Crippen LogP contribution < -0.4 is 0 Å². The zero-order valence-electron chi connectivity index (χ0n) is 11.2. The van der Waals surface area contributed by atoms with Gasteiger partial charge in [0.25, 0.3) is 0 Å². The van der Waals surface area contributed by atoms with Crippen LogP contribution in [0.1, 0.15) is 5.56 Å². The third-order valence-electron chi connectivity index (χ3n) is 3.22. The summed E-state index contributed by atoms with van der Waals surface area (Å²) in [6, 6.07) is 11.4. The van der Waals surface area contributed by atoms with Crippen LogP contribution in [-0.4, -0.2) is 10.3 Å². The summed E-state index contributed by atoms with van der Waals surface area (Å²) in [7, 11) is 0. The first-order valence-electron chi connectivity index (χ1n) is 6.41. The van der Waals surface area contributed by atoms with E-state index in [0.717, 1.165) is 10.0 Å². The Morgan fingerprint density at radius 1 is 1.23 bits per heavy atom. The topological polar surface area (TPSA) is 46.3 Å². The molecule has 2 aromatic carbocycles. The molecule has 0 radical (unpaired) electrons. The van der Waals surface area contributed by atoms with E-state index in [0.29, 0.717) is 27.6 Å². The van der Waals surface area contributed by atoms with Crippen LogP contribution >= 0.6 is 27.5 Å². The highest BCUT2D eigenvalue weighted by Gasteiger charge is 2.20. The van der Waals surface area contributed by atoms with Gasteiger partial charge in [0.05, 0.1) is 17.2 Å². The Morgan fingerprint density at radius 3 is 2.77 bits per heavy atom.